The van der Waals surface area contributed by atoms with Crippen LogP contribution in [0, 0.1) is 0 Å². The predicted octanol–water partition coefficient (Wildman–Crippen LogP) is 5.54. The van der Waals surface area contributed by atoms with Gasteiger partial charge in [-0.3, -0.25) is 5.10 Å². The van der Waals surface area contributed by atoms with Crippen molar-refractivity contribution in [2.75, 3.05) is 4.90 Å². The zero-order valence-corrected chi connectivity index (χ0v) is 20.4. The Morgan fingerprint density at radius 3 is 2.58 bits per heavy atom. The van der Waals surface area contributed by atoms with Gasteiger partial charge in [-0.2, -0.15) is 14.9 Å². The van der Waals surface area contributed by atoms with Crippen LogP contribution in [0.1, 0.15) is 20.8 Å². The van der Waals surface area contributed by atoms with Gasteiger partial charge in [-0.25, -0.2) is 14.5 Å². The highest BCUT2D eigenvalue weighted by atomic mass is 32.1. The molecule has 12 heteroatoms. The maximum atomic E-state index is 13.3. The van der Waals surface area contributed by atoms with Crippen LogP contribution in [0.25, 0.3) is 32.6 Å². The number of hydrogen-bond acceptors (Lipinski definition) is 8. The largest absolute Gasteiger partial charge is 0.463 e. The van der Waals surface area contributed by atoms with Crippen molar-refractivity contribution in [2.24, 2.45) is 0 Å². The summed E-state index contributed by atoms with van der Waals surface area (Å²) in [7, 11) is 0. The van der Waals surface area contributed by atoms with Gasteiger partial charge in [-0.05, 0) is 50.6 Å². The molecule has 5 aromatic rings. The average molecular weight is 504 g/mol. The van der Waals surface area contributed by atoms with Crippen LogP contribution < -0.4 is 4.90 Å². The summed E-state index contributed by atoms with van der Waals surface area (Å²) in [6, 6.07) is 12.6. The van der Waals surface area contributed by atoms with Gasteiger partial charge in [0.1, 0.15) is 10.6 Å². The van der Waals surface area contributed by atoms with E-state index in [9.17, 15) is 14.7 Å². The molecule has 1 amide bonds. The van der Waals surface area contributed by atoms with Crippen LogP contribution in [0.2, 0.25) is 0 Å². The normalized spacial score (nSPS) is 11.5. The maximum absolute atomic E-state index is 13.3. The molecule has 36 heavy (non-hydrogen) atoms. The molecule has 0 radical (unpaired) electrons. The van der Waals surface area contributed by atoms with E-state index in [0.717, 1.165) is 21.4 Å². The van der Waals surface area contributed by atoms with Crippen LogP contribution >= 0.6 is 11.3 Å². The number of carbonyl (C=O) groups excluding carboxylic acids is 1. The molecule has 0 saturated carbocycles. The highest BCUT2D eigenvalue weighted by Gasteiger charge is 2.28. The first-order valence-corrected chi connectivity index (χ1v) is 11.7. The van der Waals surface area contributed by atoms with E-state index in [4.69, 9.17) is 4.74 Å². The van der Waals surface area contributed by atoms with Crippen molar-refractivity contribution >= 4 is 45.2 Å². The van der Waals surface area contributed by atoms with Gasteiger partial charge in [0.25, 0.3) is 0 Å². The van der Waals surface area contributed by atoms with E-state index in [2.05, 4.69) is 25.5 Å². The van der Waals surface area contributed by atoms with Gasteiger partial charge in [0.05, 0.1) is 23.6 Å². The summed E-state index contributed by atoms with van der Waals surface area (Å²) in [6.07, 6.45) is 3.12. The Morgan fingerprint density at radius 1 is 1.06 bits per heavy atom. The fraction of sp³-hybridized carbons (Fsp3) is 0.167. The number of hydrogen-bond donors (Lipinski definition) is 2. The van der Waals surface area contributed by atoms with E-state index in [1.165, 1.54) is 22.4 Å². The number of aromatic amines is 1. The minimum Gasteiger partial charge on any atom is -0.463 e. The third-order valence-corrected chi connectivity index (χ3v) is 6.07. The molecule has 5 rings (SSSR count). The summed E-state index contributed by atoms with van der Waals surface area (Å²) in [5.41, 5.74) is 2.82. The monoisotopic (exact) mass is 503 g/mol. The first kappa shape index (κ1) is 23.2. The predicted molar refractivity (Wildman–Crippen MR) is 134 cm³/mol. The third-order valence-electron chi connectivity index (χ3n) is 5.11. The molecule has 3 heterocycles. The van der Waals surface area contributed by atoms with Crippen molar-refractivity contribution in [3.05, 3.63) is 61.1 Å². The molecule has 0 aliphatic heterocycles. The molecule has 0 aliphatic carbocycles. The average Bonchev–Trinajstić information content (AvgIpc) is 3.58. The molecule has 3 aromatic heterocycles. The molecule has 0 unspecified atom stereocenters. The molecular formula is C24H21N7O4S. The fourth-order valence-electron chi connectivity index (χ4n) is 3.58. The van der Waals surface area contributed by atoms with E-state index < -0.39 is 17.8 Å². The summed E-state index contributed by atoms with van der Waals surface area (Å²) in [4.78, 5) is 26.0. The fourth-order valence-corrected chi connectivity index (χ4v) is 4.43. The molecule has 2 aromatic carbocycles. The first-order valence-electron chi connectivity index (χ1n) is 10.9. The first-order chi connectivity index (χ1) is 17.2. The van der Waals surface area contributed by atoms with Crippen molar-refractivity contribution in [1.29, 1.82) is 0 Å². The number of fused-ring (bicyclic) bond motifs is 1. The number of anilines is 2. The van der Waals surface area contributed by atoms with Crippen molar-refractivity contribution in [3.8, 4) is 21.7 Å². The highest BCUT2D eigenvalue weighted by molar-refractivity contribution is 7.18. The van der Waals surface area contributed by atoms with E-state index >= 15 is 0 Å². The number of carbonyl (C=O) groups is 2. The van der Waals surface area contributed by atoms with Crippen molar-refractivity contribution < 1.29 is 19.4 Å². The van der Waals surface area contributed by atoms with Gasteiger partial charge in [0, 0.05) is 22.7 Å². The van der Waals surface area contributed by atoms with Crippen LogP contribution in [0.3, 0.4) is 0 Å². The van der Waals surface area contributed by atoms with Gasteiger partial charge >= 0.3 is 12.2 Å². The minimum atomic E-state index is -1.20. The number of carboxylic acid groups (broad SMARTS) is 1. The summed E-state index contributed by atoms with van der Waals surface area (Å²) in [6.45, 7) is 5.32. The molecule has 0 saturated heterocycles. The number of benzene rings is 2. The van der Waals surface area contributed by atoms with E-state index in [1.807, 2.05) is 24.3 Å². The Morgan fingerprint density at radius 2 is 1.86 bits per heavy atom. The topological polar surface area (TPSA) is 139 Å². The van der Waals surface area contributed by atoms with Crippen molar-refractivity contribution in [3.63, 3.8) is 0 Å². The molecule has 0 atom stereocenters. The lowest BCUT2D eigenvalue weighted by atomic mass is 10.1. The maximum Gasteiger partial charge on any atom is 0.432 e. The molecule has 11 nitrogen and oxygen atoms in total. The zero-order valence-electron chi connectivity index (χ0n) is 19.5. The summed E-state index contributed by atoms with van der Waals surface area (Å²) in [5, 5.41) is 30.1. The summed E-state index contributed by atoms with van der Waals surface area (Å²) in [5.74, 6) is 0. The number of amides is 1. The van der Waals surface area contributed by atoms with Crippen LogP contribution in [0.15, 0.2) is 61.1 Å². The zero-order chi connectivity index (χ0) is 25.4. The van der Waals surface area contributed by atoms with Crippen LogP contribution in [-0.4, -0.2) is 53.1 Å². The van der Waals surface area contributed by atoms with Crippen LogP contribution in [0.5, 0.6) is 0 Å². The summed E-state index contributed by atoms with van der Waals surface area (Å²) >= 11 is 1.23. The Labute approximate surface area is 209 Å². The molecule has 182 valence electrons. The van der Waals surface area contributed by atoms with E-state index in [-0.39, 0.29) is 0 Å². The molecule has 0 bridgehead atoms. The number of ether oxygens (including phenoxy) is 1. The standard InChI is InChI=1S/C24H21N7O4S/c1-24(2,3)35-23(34)30(18-7-8-19-16(10-18)13-27-31(19)22(32)33)21-29-28-20(36-21)15-6-4-5-14(9-15)17-11-25-26-12-17/h4-13H,1-3H3,(H,25,26)(H,32,33). The summed E-state index contributed by atoms with van der Waals surface area (Å²) < 4.78 is 6.52. The Balaban J connectivity index is 1.55. The lowest BCUT2D eigenvalue weighted by Gasteiger charge is -2.25. The second-order valence-corrected chi connectivity index (χ2v) is 9.81. The van der Waals surface area contributed by atoms with Gasteiger partial charge in [0.2, 0.25) is 5.13 Å². The smallest absolute Gasteiger partial charge is 0.432 e. The SMILES string of the molecule is CC(C)(C)OC(=O)N(c1ccc2c(cnn2C(=O)O)c1)c1nnc(-c2cccc(-c3cn[nH]c3)c2)s1. The quantitative estimate of drug-likeness (QED) is 0.326. The van der Waals surface area contributed by atoms with Gasteiger partial charge in [-0.1, -0.05) is 29.5 Å². The molecule has 0 aliphatic rings. The Bertz CT molecular complexity index is 1570. The third kappa shape index (κ3) is 4.53. The van der Waals surface area contributed by atoms with Gasteiger partial charge in [0.15, 0.2) is 0 Å². The number of nitrogens with zero attached hydrogens (tertiary/aromatic N) is 6. The molecule has 0 fully saturated rings. The number of aromatic nitrogens is 6. The number of rotatable bonds is 4. The second kappa shape index (κ2) is 8.89. The molecule has 0 spiro atoms. The number of H-pyrrole nitrogens is 1. The van der Waals surface area contributed by atoms with E-state index in [1.54, 1.807) is 51.4 Å². The highest BCUT2D eigenvalue weighted by Crippen LogP contribution is 2.36. The van der Waals surface area contributed by atoms with E-state index in [0.29, 0.717) is 26.7 Å². The molecule has 2 N–H and O–H groups in total. The number of nitrogens with one attached hydrogen (secondary N) is 1. The lowest BCUT2D eigenvalue weighted by molar-refractivity contribution is 0.0599. The van der Waals surface area contributed by atoms with Gasteiger partial charge < -0.3 is 9.84 Å². The molecular weight excluding hydrogens is 482 g/mol. The lowest BCUT2D eigenvalue weighted by Crippen LogP contribution is -2.33. The van der Waals surface area contributed by atoms with Crippen LogP contribution in [-0.2, 0) is 4.74 Å². The van der Waals surface area contributed by atoms with Crippen molar-refractivity contribution in [1.82, 2.24) is 30.2 Å². The van der Waals surface area contributed by atoms with Crippen LogP contribution in [0.4, 0.5) is 20.4 Å². The minimum absolute atomic E-state index is 0.304. The van der Waals surface area contributed by atoms with Crippen molar-refractivity contribution in [2.45, 2.75) is 26.4 Å². The Kier molecular flexibility index (Phi) is 5.72. The van der Waals surface area contributed by atoms with Gasteiger partial charge in [-0.15, -0.1) is 10.2 Å². The second-order valence-electron chi connectivity index (χ2n) is 8.86. The Hall–Kier alpha value is -4.58.